The number of rotatable bonds is 5. The Morgan fingerprint density at radius 3 is 2.95 bits per heavy atom. The van der Waals surface area contributed by atoms with Crippen molar-refractivity contribution in [1.29, 1.82) is 0 Å². The van der Waals surface area contributed by atoms with Gasteiger partial charge in [-0.3, -0.25) is 4.98 Å². The zero-order valence-corrected chi connectivity index (χ0v) is 13.2. The van der Waals surface area contributed by atoms with Crippen molar-refractivity contribution >= 4 is 5.82 Å². The Morgan fingerprint density at radius 1 is 1.32 bits per heavy atom. The lowest BCUT2D eigenvalue weighted by Gasteiger charge is -2.20. The van der Waals surface area contributed by atoms with Crippen LogP contribution < -0.4 is 4.90 Å². The third kappa shape index (κ3) is 3.60. The minimum atomic E-state index is 0.407. The van der Waals surface area contributed by atoms with E-state index in [2.05, 4.69) is 39.0 Å². The lowest BCUT2D eigenvalue weighted by Crippen LogP contribution is -2.22. The Labute approximate surface area is 131 Å². The Bertz CT molecular complexity index is 611. The summed E-state index contributed by atoms with van der Waals surface area (Å²) in [5.74, 6) is 2.21. The molecular weight excluding hydrogens is 276 g/mol. The van der Waals surface area contributed by atoms with Gasteiger partial charge in [0, 0.05) is 50.5 Å². The van der Waals surface area contributed by atoms with Crippen molar-refractivity contribution in [3.63, 3.8) is 0 Å². The Balaban J connectivity index is 1.70. The molecule has 2 aromatic heterocycles. The van der Waals surface area contributed by atoms with Crippen molar-refractivity contribution in [1.82, 2.24) is 15.0 Å². The quantitative estimate of drug-likeness (QED) is 0.848. The summed E-state index contributed by atoms with van der Waals surface area (Å²) in [7, 11) is 2.07. The molecule has 3 heterocycles. The van der Waals surface area contributed by atoms with Crippen molar-refractivity contribution in [2.45, 2.75) is 25.7 Å². The van der Waals surface area contributed by atoms with Gasteiger partial charge >= 0.3 is 0 Å². The first-order valence-corrected chi connectivity index (χ1v) is 7.77. The molecule has 22 heavy (non-hydrogen) atoms. The number of anilines is 1. The van der Waals surface area contributed by atoms with Crippen LogP contribution in [0.25, 0.3) is 0 Å². The van der Waals surface area contributed by atoms with Crippen LogP contribution in [0.1, 0.15) is 29.6 Å². The van der Waals surface area contributed by atoms with Gasteiger partial charge in [0.05, 0.1) is 12.3 Å². The molecule has 0 aliphatic carbocycles. The highest BCUT2D eigenvalue weighted by Crippen LogP contribution is 2.25. The molecule has 0 unspecified atom stereocenters. The lowest BCUT2D eigenvalue weighted by molar-refractivity contribution is 0.193. The number of ether oxygens (including phenoxy) is 1. The first-order valence-electron chi connectivity index (χ1n) is 7.77. The molecule has 0 aromatic carbocycles. The topological polar surface area (TPSA) is 51.1 Å². The second-order valence-corrected chi connectivity index (χ2v) is 5.75. The van der Waals surface area contributed by atoms with Crippen LogP contribution in [0.2, 0.25) is 0 Å². The standard InChI is InChI=1S/C17H22N4O/c1-13-19-16(14-7-10-22-12-14)11-17(20-13)21(2)9-6-15-5-3-4-8-18-15/h3-5,8,11,14H,6-7,9-10,12H2,1-2H3/t14-/m1/s1. The molecule has 1 aliphatic heterocycles. The molecule has 0 N–H and O–H groups in total. The van der Waals surface area contributed by atoms with E-state index in [1.807, 2.05) is 25.3 Å². The van der Waals surface area contributed by atoms with Crippen molar-refractivity contribution in [2.75, 3.05) is 31.7 Å². The summed E-state index contributed by atoms with van der Waals surface area (Å²) < 4.78 is 5.47. The van der Waals surface area contributed by atoms with E-state index in [0.717, 1.165) is 55.6 Å². The molecule has 1 atom stereocenters. The number of nitrogens with zero attached hydrogens (tertiary/aromatic N) is 4. The Morgan fingerprint density at radius 2 is 2.23 bits per heavy atom. The molecule has 5 heteroatoms. The van der Waals surface area contributed by atoms with Crippen LogP contribution in [0.5, 0.6) is 0 Å². The highest BCUT2D eigenvalue weighted by atomic mass is 16.5. The molecule has 116 valence electrons. The van der Waals surface area contributed by atoms with Crippen molar-refractivity contribution in [3.8, 4) is 0 Å². The maximum Gasteiger partial charge on any atom is 0.132 e. The monoisotopic (exact) mass is 298 g/mol. The highest BCUT2D eigenvalue weighted by molar-refractivity contribution is 5.40. The number of pyridine rings is 1. The van der Waals surface area contributed by atoms with Gasteiger partial charge in [-0.2, -0.15) is 0 Å². The van der Waals surface area contributed by atoms with Gasteiger partial charge in [0.25, 0.3) is 0 Å². The average Bonchev–Trinajstić information content (AvgIpc) is 3.07. The fourth-order valence-corrected chi connectivity index (χ4v) is 2.69. The zero-order valence-electron chi connectivity index (χ0n) is 13.2. The van der Waals surface area contributed by atoms with E-state index in [4.69, 9.17) is 4.74 Å². The van der Waals surface area contributed by atoms with Gasteiger partial charge in [-0.25, -0.2) is 9.97 Å². The molecule has 3 rings (SSSR count). The molecule has 2 aromatic rings. The van der Waals surface area contributed by atoms with Crippen LogP contribution in [-0.2, 0) is 11.2 Å². The minimum absolute atomic E-state index is 0.407. The van der Waals surface area contributed by atoms with Crippen molar-refractivity contribution in [2.24, 2.45) is 0 Å². The van der Waals surface area contributed by atoms with E-state index in [1.54, 1.807) is 0 Å². The summed E-state index contributed by atoms with van der Waals surface area (Å²) in [5, 5.41) is 0. The van der Waals surface area contributed by atoms with E-state index in [-0.39, 0.29) is 0 Å². The fraction of sp³-hybridized carbons (Fsp3) is 0.471. The second kappa shape index (κ2) is 6.83. The van der Waals surface area contributed by atoms with Gasteiger partial charge in [-0.15, -0.1) is 0 Å². The second-order valence-electron chi connectivity index (χ2n) is 5.75. The van der Waals surface area contributed by atoms with Crippen LogP contribution >= 0.6 is 0 Å². The van der Waals surface area contributed by atoms with E-state index in [0.29, 0.717) is 5.92 Å². The molecule has 1 aliphatic rings. The van der Waals surface area contributed by atoms with E-state index in [9.17, 15) is 0 Å². The summed E-state index contributed by atoms with van der Waals surface area (Å²) in [6.07, 6.45) is 3.79. The number of hydrogen-bond donors (Lipinski definition) is 0. The van der Waals surface area contributed by atoms with Gasteiger partial charge in [-0.1, -0.05) is 6.07 Å². The van der Waals surface area contributed by atoms with E-state index >= 15 is 0 Å². The van der Waals surface area contributed by atoms with Crippen LogP contribution in [0, 0.1) is 6.92 Å². The van der Waals surface area contributed by atoms with Gasteiger partial charge in [0.1, 0.15) is 11.6 Å². The van der Waals surface area contributed by atoms with E-state index < -0.39 is 0 Å². The maximum absolute atomic E-state index is 5.47. The van der Waals surface area contributed by atoms with Crippen LogP contribution in [0.4, 0.5) is 5.82 Å². The maximum atomic E-state index is 5.47. The number of likely N-dealkylation sites (N-methyl/N-ethyl adjacent to an activating group) is 1. The van der Waals surface area contributed by atoms with Gasteiger partial charge in [0.2, 0.25) is 0 Å². The predicted molar refractivity (Wildman–Crippen MR) is 86.2 cm³/mol. The van der Waals surface area contributed by atoms with Gasteiger partial charge in [0.15, 0.2) is 0 Å². The number of hydrogen-bond acceptors (Lipinski definition) is 5. The lowest BCUT2D eigenvalue weighted by atomic mass is 10.0. The molecule has 0 saturated carbocycles. The SMILES string of the molecule is Cc1nc([C@@H]2CCOC2)cc(N(C)CCc2ccccn2)n1. The summed E-state index contributed by atoms with van der Waals surface area (Å²) in [4.78, 5) is 15.7. The van der Waals surface area contributed by atoms with Gasteiger partial charge < -0.3 is 9.64 Å². The van der Waals surface area contributed by atoms with Crippen LogP contribution in [-0.4, -0.2) is 41.8 Å². The molecule has 0 amide bonds. The smallest absolute Gasteiger partial charge is 0.132 e. The summed E-state index contributed by atoms with van der Waals surface area (Å²) in [5.41, 5.74) is 2.20. The first kappa shape index (κ1) is 14.9. The molecule has 0 bridgehead atoms. The third-order valence-electron chi connectivity index (χ3n) is 4.01. The summed E-state index contributed by atoms with van der Waals surface area (Å²) >= 11 is 0. The zero-order chi connectivity index (χ0) is 15.4. The highest BCUT2D eigenvalue weighted by Gasteiger charge is 2.20. The fourth-order valence-electron chi connectivity index (χ4n) is 2.69. The predicted octanol–water partition coefficient (Wildman–Crippen LogP) is 2.36. The van der Waals surface area contributed by atoms with Gasteiger partial charge in [-0.05, 0) is 25.5 Å². The Hall–Kier alpha value is -2.01. The summed E-state index contributed by atoms with van der Waals surface area (Å²) in [6, 6.07) is 8.12. The molecular formula is C17H22N4O. The van der Waals surface area contributed by atoms with Crippen LogP contribution in [0.3, 0.4) is 0 Å². The molecule has 0 spiro atoms. The number of aromatic nitrogens is 3. The largest absolute Gasteiger partial charge is 0.381 e. The first-order chi connectivity index (χ1) is 10.7. The molecule has 1 saturated heterocycles. The number of aryl methyl sites for hydroxylation is 1. The van der Waals surface area contributed by atoms with Crippen LogP contribution in [0.15, 0.2) is 30.5 Å². The van der Waals surface area contributed by atoms with E-state index in [1.165, 1.54) is 0 Å². The molecule has 5 nitrogen and oxygen atoms in total. The third-order valence-corrected chi connectivity index (χ3v) is 4.01. The summed E-state index contributed by atoms with van der Waals surface area (Å²) in [6.45, 7) is 4.44. The normalized spacial score (nSPS) is 17.6. The van der Waals surface area contributed by atoms with Crippen molar-refractivity contribution in [3.05, 3.63) is 47.7 Å². The minimum Gasteiger partial charge on any atom is -0.381 e. The Kier molecular flexibility index (Phi) is 4.63. The molecule has 1 fully saturated rings. The molecule has 0 radical (unpaired) electrons. The average molecular weight is 298 g/mol. The van der Waals surface area contributed by atoms with Crippen molar-refractivity contribution < 1.29 is 4.74 Å².